The molecule has 1 aliphatic heterocycles. The number of rotatable bonds is 6. The van der Waals surface area contributed by atoms with Crippen LogP contribution in [0, 0.1) is 5.82 Å². The largest absolute Gasteiger partial charge is 0.465 e. The normalized spacial score (nSPS) is 16.3. The molecule has 0 spiro atoms. The molecule has 1 fully saturated rings. The molecule has 1 saturated heterocycles. The average molecular weight is 345 g/mol. The van der Waals surface area contributed by atoms with Gasteiger partial charge in [0.25, 0.3) is 0 Å². The molecule has 1 aliphatic rings. The number of halogens is 1. The number of esters is 1. The Labute approximate surface area is 134 Å². The molecular weight excluding hydrogens is 325 g/mol. The molecule has 0 aromatic heterocycles. The number of sulfonamides is 1. The number of carbonyl (C=O) groups excluding carboxylic acids is 1. The first kappa shape index (κ1) is 17.8. The zero-order valence-electron chi connectivity index (χ0n) is 12.8. The van der Waals surface area contributed by atoms with Gasteiger partial charge in [-0.1, -0.05) is 6.07 Å². The molecule has 0 bridgehead atoms. The van der Waals surface area contributed by atoms with E-state index >= 15 is 0 Å². The van der Waals surface area contributed by atoms with Crippen LogP contribution in [-0.4, -0.2) is 65.7 Å². The smallest absolute Gasteiger partial charge is 0.342 e. The van der Waals surface area contributed by atoms with Crippen LogP contribution < -0.4 is 10.0 Å². The van der Waals surface area contributed by atoms with Crippen molar-refractivity contribution in [2.24, 2.45) is 0 Å². The summed E-state index contributed by atoms with van der Waals surface area (Å²) in [6, 6.07) is 3.45. The minimum atomic E-state index is -4.00. The first-order valence-electron chi connectivity index (χ1n) is 7.25. The minimum absolute atomic E-state index is 0.180. The van der Waals surface area contributed by atoms with E-state index in [1.165, 1.54) is 12.1 Å². The SMILES string of the molecule is COC(=O)c1c(F)cccc1S(=O)(=O)NCCN1CCNCC1. The fraction of sp³-hybridized carbons (Fsp3) is 0.500. The van der Waals surface area contributed by atoms with E-state index in [4.69, 9.17) is 0 Å². The van der Waals surface area contributed by atoms with Gasteiger partial charge in [-0.3, -0.25) is 4.90 Å². The van der Waals surface area contributed by atoms with E-state index in [-0.39, 0.29) is 6.54 Å². The summed E-state index contributed by atoms with van der Waals surface area (Å²) in [6.07, 6.45) is 0. The Kier molecular flexibility index (Phi) is 6.05. The second-order valence-corrected chi connectivity index (χ2v) is 6.83. The van der Waals surface area contributed by atoms with E-state index in [9.17, 15) is 17.6 Å². The number of benzene rings is 1. The van der Waals surface area contributed by atoms with E-state index in [1.54, 1.807) is 0 Å². The van der Waals surface area contributed by atoms with Crippen LogP contribution in [0.15, 0.2) is 23.1 Å². The lowest BCUT2D eigenvalue weighted by Crippen LogP contribution is -2.46. The van der Waals surface area contributed by atoms with Crippen LogP contribution in [0.5, 0.6) is 0 Å². The summed E-state index contributed by atoms with van der Waals surface area (Å²) in [5.41, 5.74) is -0.579. The molecule has 7 nitrogen and oxygen atoms in total. The van der Waals surface area contributed by atoms with Crippen molar-refractivity contribution in [3.63, 3.8) is 0 Å². The third-order valence-electron chi connectivity index (χ3n) is 3.58. The highest BCUT2D eigenvalue weighted by atomic mass is 32.2. The quantitative estimate of drug-likeness (QED) is 0.694. The first-order chi connectivity index (χ1) is 11.0. The predicted octanol–water partition coefficient (Wildman–Crippen LogP) is -0.204. The molecule has 9 heteroatoms. The van der Waals surface area contributed by atoms with E-state index in [2.05, 4.69) is 19.7 Å². The summed E-state index contributed by atoms with van der Waals surface area (Å²) >= 11 is 0. The topological polar surface area (TPSA) is 87.7 Å². The third-order valence-corrected chi connectivity index (χ3v) is 5.09. The lowest BCUT2D eigenvalue weighted by Gasteiger charge is -2.27. The fourth-order valence-corrected chi connectivity index (χ4v) is 3.60. The number of nitrogens with zero attached hydrogens (tertiary/aromatic N) is 1. The van der Waals surface area contributed by atoms with Crippen molar-refractivity contribution in [1.29, 1.82) is 0 Å². The number of hydrogen-bond acceptors (Lipinski definition) is 6. The van der Waals surface area contributed by atoms with Crippen molar-refractivity contribution in [2.75, 3.05) is 46.4 Å². The van der Waals surface area contributed by atoms with Gasteiger partial charge in [-0.25, -0.2) is 22.3 Å². The summed E-state index contributed by atoms with van der Waals surface area (Å²) in [5, 5.41) is 3.21. The van der Waals surface area contributed by atoms with Gasteiger partial charge >= 0.3 is 5.97 Å². The van der Waals surface area contributed by atoms with Crippen LogP contribution >= 0.6 is 0 Å². The van der Waals surface area contributed by atoms with Crippen molar-refractivity contribution in [1.82, 2.24) is 14.9 Å². The summed E-state index contributed by atoms with van der Waals surface area (Å²) in [6.45, 7) is 4.14. The number of methoxy groups -OCH3 is 1. The molecule has 0 atom stereocenters. The van der Waals surface area contributed by atoms with Crippen LogP contribution in [0.2, 0.25) is 0 Å². The molecule has 0 amide bonds. The number of piperazine rings is 1. The van der Waals surface area contributed by atoms with Gasteiger partial charge in [0.15, 0.2) is 0 Å². The highest BCUT2D eigenvalue weighted by Gasteiger charge is 2.26. The van der Waals surface area contributed by atoms with Gasteiger partial charge in [0.05, 0.1) is 12.0 Å². The lowest BCUT2D eigenvalue weighted by atomic mass is 10.2. The summed E-state index contributed by atoms with van der Waals surface area (Å²) in [4.78, 5) is 13.4. The molecule has 23 heavy (non-hydrogen) atoms. The maximum Gasteiger partial charge on any atom is 0.342 e. The zero-order chi connectivity index (χ0) is 16.9. The maximum atomic E-state index is 13.8. The van der Waals surface area contributed by atoms with Crippen molar-refractivity contribution >= 4 is 16.0 Å². The van der Waals surface area contributed by atoms with Gasteiger partial charge in [0.2, 0.25) is 10.0 Å². The summed E-state index contributed by atoms with van der Waals surface area (Å²) in [7, 11) is -2.93. The van der Waals surface area contributed by atoms with E-state index in [0.717, 1.165) is 39.4 Å². The van der Waals surface area contributed by atoms with Gasteiger partial charge < -0.3 is 10.1 Å². The van der Waals surface area contributed by atoms with Crippen LogP contribution in [-0.2, 0) is 14.8 Å². The fourth-order valence-electron chi connectivity index (χ4n) is 2.38. The van der Waals surface area contributed by atoms with Crippen molar-refractivity contribution in [2.45, 2.75) is 4.90 Å². The monoisotopic (exact) mass is 345 g/mol. The molecule has 2 rings (SSSR count). The Morgan fingerprint density at radius 1 is 1.39 bits per heavy atom. The number of ether oxygens (including phenoxy) is 1. The van der Waals surface area contributed by atoms with Crippen LogP contribution in [0.25, 0.3) is 0 Å². The van der Waals surface area contributed by atoms with Gasteiger partial charge in [-0.15, -0.1) is 0 Å². The Hall–Kier alpha value is -1.55. The molecule has 0 aliphatic carbocycles. The van der Waals surface area contributed by atoms with E-state index < -0.39 is 32.3 Å². The van der Waals surface area contributed by atoms with Gasteiger partial charge in [0.1, 0.15) is 11.4 Å². The Bertz CT molecular complexity index is 660. The maximum absolute atomic E-state index is 13.8. The summed E-state index contributed by atoms with van der Waals surface area (Å²) < 4.78 is 45.4. The Balaban J connectivity index is 2.10. The molecule has 0 radical (unpaired) electrons. The molecule has 0 unspecified atom stereocenters. The molecule has 0 saturated carbocycles. The molecular formula is C14H20FN3O4S. The zero-order valence-corrected chi connectivity index (χ0v) is 13.7. The highest BCUT2D eigenvalue weighted by Crippen LogP contribution is 2.19. The third kappa shape index (κ3) is 4.47. The van der Waals surface area contributed by atoms with Gasteiger partial charge in [-0.2, -0.15) is 0 Å². The molecule has 128 valence electrons. The first-order valence-corrected chi connectivity index (χ1v) is 8.73. The lowest BCUT2D eigenvalue weighted by molar-refractivity contribution is 0.0590. The molecule has 2 N–H and O–H groups in total. The number of hydrogen-bond donors (Lipinski definition) is 2. The number of nitrogens with one attached hydrogen (secondary N) is 2. The second-order valence-electron chi connectivity index (χ2n) is 5.09. The van der Waals surface area contributed by atoms with Crippen molar-refractivity contribution in [3.8, 4) is 0 Å². The van der Waals surface area contributed by atoms with Crippen molar-refractivity contribution in [3.05, 3.63) is 29.6 Å². The Morgan fingerprint density at radius 2 is 2.09 bits per heavy atom. The van der Waals surface area contributed by atoms with Gasteiger partial charge in [-0.05, 0) is 12.1 Å². The van der Waals surface area contributed by atoms with Crippen LogP contribution in [0.1, 0.15) is 10.4 Å². The Morgan fingerprint density at radius 3 is 2.74 bits per heavy atom. The minimum Gasteiger partial charge on any atom is -0.465 e. The molecule has 1 aromatic carbocycles. The molecule has 1 aromatic rings. The van der Waals surface area contributed by atoms with Crippen molar-refractivity contribution < 1.29 is 22.3 Å². The van der Waals surface area contributed by atoms with Crippen LogP contribution in [0.3, 0.4) is 0 Å². The predicted molar refractivity (Wildman–Crippen MR) is 82.2 cm³/mol. The molecule has 1 heterocycles. The van der Waals surface area contributed by atoms with E-state index in [0.29, 0.717) is 6.54 Å². The van der Waals surface area contributed by atoms with Crippen LogP contribution in [0.4, 0.5) is 4.39 Å². The number of carbonyl (C=O) groups is 1. The standard InChI is InChI=1S/C14H20FN3O4S/c1-22-14(19)13-11(15)3-2-4-12(13)23(20,21)17-7-10-18-8-5-16-6-9-18/h2-4,16-17H,5-10H2,1H3. The average Bonchev–Trinajstić information content (AvgIpc) is 2.54. The second kappa shape index (κ2) is 7.82. The highest BCUT2D eigenvalue weighted by molar-refractivity contribution is 7.89. The van der Waals surface area contributed by atoms with E-state index in [1.807, 2.05) is 0 Å². The van der Waals surface area contributed by atoms with Gasteiger partial charge in [0, 0.05) is 39.3 Å². The summed E-state index contributed by atoms with van der Waals surface area (Å²) in [5.74, 6) is -1.95.